The molecule has 0 amide bonds. The number of hydrogen-bond donors (Lipinski definition) is 0. The summed E-state index contributed by atoms with van der Waals surface area (Å²) < 4.78 is 6.23. The molecule has 2 heterocycles. The zero-order valence-electron chi connectivity index (χ0n) is 10.6. The van der Waals surface area contributed by atoms with Crippen LogP contribution in [0.1, 0.15) is 12.8 Å². The van der Waals surface area contributed by atoms with Crippen LogP contribution in [0.5, 0.6) is 0 Å². The lowest BCUT2D eigenvalue weighted by Gasteiger charge is -2.14. The van der Waals surface area contributed by atoms with Gasteiger partial charge in [0.25, 0.3) is 0 Å². The van der Waals surface area contributed by atoms with Crippen LogP contribution in [0.3, 0.4) is 0 Å². The summed E-state index contributed by atoms with van der Waals surface area (Å²) in [4.78, 5) is 7.32. The molecule has 1 atom stereocenters. The molecule has 0 aliphatic carbocycles. The molecule has 0 aliphatic heterocycles. The van der Waals surface area contributed by atoms with E-state index in [4.69, 9.17) is 9.78 Å². The number of rotatable bonds is 5. The molecule has 0 aliphatic rings. The van der Waals surface area contributed by atoms with Gasteiger partial charge in [-0.2, -0.15) is 10.2 Å². The fourth-order valence-electron chi connectivity index (χ4n) is 1.65. The lowest BCUT2D eigenvalue weighted by atomic mass is 10.2. The molecular formula is C12H13BrN4OS. The van der Waals surface area contributed by atoms with E-state index in [1.165, 1.54) is 0 Å². The molecule has 2 rings (SSSR count). The third-order valence-corrected chi connectivity index (χ3v) is 4.15. The van der Waals surface area contributed by atoms with Crippen LogP contribution in [-0.4, -0.2) is 28.6 Å². The van der Waals surface area contributed by atoms with E-state index in [-0.39, 0.29) is 5.92 Å². The summed E-state index contributed by atoms with van der Waals surface area (Å²) in [6.45, 7) is 3.11. The largest absolute Gasteiger partial charge is 0.338 e. The van der Waals surface area contributed by atoms with Gasteiger partial charge < -0.3 is 4.52 Å². The Labute approximate surface area is 124 Å². The molecule has 0 spiro atoms. The van der Waals surface area contributed by atoms with Crippen LogP contribution in [0.15, 0.2) is 20.4 Å². The Morgan fingerprint density at radius 3 is 3.05 bits per heavy atom. The van der Waals surface area contributed by atoms with Gasteiger partial charge in [0.15, 0.2) is 0 Å². The molecule has 0 fully saturated rings. The second kappa shape index (κ2) is 6.28. The van der Waals surface area contributed by atoms with Crippen molar-refractivity contribution in [1.29, 1.82) is 5.26 Å². The fourth-order valence-corrected chi connectivity index (χ4v) is 3.01. The molecule has 5 nitrogen and oxygen atoms in total. The number of hydrogen-bond acceptors (Lipinski definition) is 6. The molecule has 0 radical (unpaired) electrons. The van der Waals surface area contributed by atoms with Crippen molar-refractivity contribution >= 4 is 27.3 Å². The van der Waals surface area contributed by atoms with Gasteiger partial charge in [-0.25, -0.2) is 0 Å². The van der Waals surface area contributed by atoms with E-state index in [2.05, 4.69) is 32.1 Å². The Bertz CT molecular complexity index is 589. The Kier molecular flexibility index (Phi) is 4.69. The SMILES string of the molecule is CC(C#N)CN(C)Cc1nc(-c2cc(Br)cs2)no1. The van der Waals surface area contributed by atoms with E-state index < -0.39 is 0 Å². The Morgan fingerprint density at radius 1 is 1.63 bits per heavy atom. The maximum absolute atomic E-state index is 8.77. The summed E-state index contributed by atoms with van der Waals surface area (Å²) in [7, 11) is 1.93. The first-order chi connectivity index (χ1) is 9.08. The molecule has 100 valence electrons. The first-order valence-corrected chi connectivity index (χ1v) is 7.41. The highest BCUT2D eigenvalue weighted by molar-refractivity contribution is 9.10. The Morgan fingerprint density at radius 2 is 2.42 bits per heavy atom. The van der Waals surface area contributed by atoms with E-state index in [1.807, 2.05) is 30.3 Å². The van der Waals surface area contributed by atoms with E-state index >= 15 is 0 Å². The Balaban J connectivity index is 2.00. The summed E-state index contributed by atoms with van der Waals surface area (Å²) in [5.41, 5.74) is 0. The van der Waals surface area contributed by atoms with Crippen molar-refractivity contribution < 1.29 is 4.52 Å². The first-order valence-electron chi connectivity index (χ1n) is 5.73. The molecule has 1 unspecified atom stereocenters. The van der Waals surface area contributed by atoms with Gasteiger partial charge in [0.1, 0.15) is 0 Å². The molecule has 0 aromatic carbocycles. The fraction of sp³-hybridized carbons (Fsp3) is 0.417. The number of halogens is 1. The molecule has 0 N–H and O–H groups in total. The number of nitrogens with zero attached hydrogens (tertiary/aromatic N) is 4. The maximum atomic E-state index is 8.77. The lowest BCUT2D eigenvalue weighted by Crippen LogP contribution is -2.23. The highest BCUT2D eigenvalue weighted by Crippen LogP contribution is 2.27. The molecule has 0 bridgehead atoms. The molecule has 0 saturated carbocycles. The van der Waals surface area contributed by atoms with Crippen molar-refractivity contribution in [3.8, 4) is 16.8 Å². The summed E-state index contributed by atoms with van der Waals surface area (Å²) in [6.07, 6.45) is 0. The summed E-state index contributed by atoms with van der Waals surface area (Å²) in [5.74, 6) is 1.15. The van der Waals surface area contributed by atoms with Crippen molar-refractivity contribution in [2.24, 2.45) is 5.92 Å². The van der Waals surface area contributed by atoms with Crippen LogP contribution in [0.25, 0.3) is 10.7 Å². The number of nitriles is 1. The van der Waals surface area contributed by atoms with E-state index in [1.54, 1.807) is 11.3 Å². The molecule has 0 saturated heterocycles. The molecule has 19 heavy (non-hydrogen) atoms. The van der Waals surface area contributed by atoms with Crippen molar-refractivity contribution in [3.05, 3.63) is 21.8 Å². The predicted octanol–water partition coefficient (Wildman–Crippen LogP) is 3.15. The molecule has 7 heteroatoms. The average Bonchev–Trinajstić information content (AvgIpc) is 2.97. The van der Waals surface area contributed by atoms with Crippen LogP contribution < -0.4 is 0 Å². The van der Waals surface area contributed by atoms with Crippen molar-refractivity contribution in [2.75, 3.05) is 13.6 Å². The highest BCUT2D eigenvalue weighted by atomic mass is 79.9. The normalized spacial score (nSPS) is 12.6. The molecule has 2 aromatic rings. The van der Waals surface area contributed by atoms with Gasteiger partial charge in [0.2, 0.25) is 11.7 Å². The third-order valence-electron chi connectivity index (χ3n) is 2.47. The van der Waals surface area contributed by atoms with Crippen LogP contribution >= 0.6 is 27.3 Å². The molecule has 2 aromatic heterocycles. The first kappa shape index (κ1) is 14.2. The topological polar surface area (TPSA) is 66.0 Å². The number of aromatic nitrogens is 2. The average molecular weight is 341 g/mol. The summed E-state index contributed by atoms with van der Waals surface area (Å²) >= 11 is 4.96. The van der Waals surface area contributed by atoms with Gasteiger partial charge >= 0.3 is 0 Å². The minimum absolute atomic E-state index is 0.0133. The zero-order chi connectivity index (χ0) is 13.8. The maximum Gasteiger partial charge on any atom is 0.241 e. The number of thiophene rings is 1. The van der Waals surface area contributed by atoms with Crippen LogP contribution in [0, 0.1) is 17.2 Å². The van der Waals surface area contributed by atoms with Crippen LogP contribution in [0.4, 0.5) is 0 Å². The van der Waals surface area contributed by atoms with Gasteiger partial charge in [-0.3, -0.25) is 4.90 Å². The van der Waals surface area contributed by atoms with Gasteiger partial charge in [0.05, 0.1) is 23.4 Å². The minimum atomic E-state index is -0.0133. The smallest absolute Gasteiger partial charge is 0.241 e. The van der Waals surface area contributed by atoms with E-state index in [0.29, 0.717) is 24.8 Å². The van der Waals surface area contributed by atoms with Gasteiger partial charge in [-0.15, -0.1) is 11.3 Å². The summed E-state index contributed by atoms with van der Waals surface area (Å²) in [5, 5.41) is 14.7. The minimum Gasteiger partial charge on any atom is -0.338 e. The standard InChI is InChI=1S/C12H13BrN4OS/c1-8(4-14)5-17(2)6-11-15-12(16-18-11)10-3-9(13)7-19-10/h3,7-8H,5-6H2,1-2H3. The second-order valence-corrected chi connectivity index (χ2v) is 6.19. The van der Waals surface area contributed by atoms with Crippen molar-refractivity contribution in [1.82, 2.24) is 15.0 Å². The Hall–Kier alpha value is -1.23. The quantitative estimate of drug-likeness (QED) is 0.836. The summed E-state index contributed by atoms with van der Waals surface area (Å²) in [6, 6.07) is 4.16. The second-order valence-electron chi connectivity index (χ2n) is 4.37. The van der Waals surface area contributed by atoms with Gasteiger partial charge in [-0.05, 0) is 36.0 Å². The monoisotopic (exact) mass is 340 g/mol. The van der Waals surface area contributed by atoms with Crippen LogP contribution in [0.2, 0.25) is 0 Å². The third kappa shape index (κ3) is 3.86. The van der Waals surface area contributed by atoms with E-state index in [9.17, 15) is 0 Å². The highest BCUT2D eigenvalue weighted by Gasteiger charge is 2.13. The predicted molar refractivity (Wildman–Crippen MR) is 76.4 cm³/mol. The van der Waals surface area contributed by atoms with Gasteiger partial charge in [-0.1, -0.05) is 5.16 Å². The van der Waals surface area contributed by atoms with Gasteiger partial charge in [0, 0.05) is 16.4 Å². The lowest BCUT2D eigenvalue weighted by molar-refractivity contribution is 0.253. The molecular weight excluding hydrogens is 328 g/mol. The van der Waals surface area contributed by atoms with Crippen LogP contribution in [-0.2, 0) is 6.54 Å². The van der Waals surface area contributed by atoms with Crippen molar-refractivity contribution in [3.63, 3.8) is 0 Å². The van der Waals surface area contributed by atoms with Crippen molar-refractivity contribution in [2.45, 2.75) is 13.5 Å². The van der Waals surface area contributed by atoms with E-state index in [0.717, 1.165) is 9.35 Å². The zero-order valence-corrected chi connectivity index (χ0v) is 13.0.